The minimum atomic E-state index is -3.95. The number of fused-ring (bicyclic) bond motifs is 1. The summed E-state index contributed by atoms with van der Waals surface area (Å²) in [6.45, 7) is 4.33. The van der Waals surface area contributed by atoms with Crippen LogP contribution in [0.25, 0.3) is 10.9 Å². The largest absolute Gasteiger partial charge is 0.370 e. The van der Waals surface area contributed by atoms with Gasteiger partial charge in [-0.1, -0.05) is 11.6 Å². The maximum absolute atomic E-state index is 13.2. The molecule has 34 heavy (non-hydrogen) atoms. The molecule has 1 aliphatic heterocycles. The number of nitrogens with one attached hydrogen (secondary N) is 3. The van der Waals surface area contributed by atoms with Crippen molar-refractivity contribution in [2.45, 2.75) is 4.90 Å². The van der Waals surface area contributed by atoms with Gasteiger partial charge in [-0.05, 0) is 42.5 Å². The number of halogens is 1. The van der Waals surface area contributed by atoms with Gasteiger partial charge in [-0.2, -0.15) is 0 Å². The zero-order valence-corrected chi connectivity index (χ0v) is 20.2. The van der Waals surface area contributed by atoms with E-state index in [9.17, 15) is 18.0 Å². The van der Waals surface area contributed by atoms with Crippen molar-refractivity contribution in [2.24, 2.45) is 0 Å². The monoisotopic (exact) mass is 505 g/mol. The molecule has 0 spiro atoms. The highest BCUT2D eigenvalue weighted by molar-refractivity contribution is 7.92. The first-order valence-corrected chi connectivity index (χ1v) is 12.7. The lowest BCUT2D eigenvalue weighted by molar-refractivity contribution is -0.906. The van der Waals surface area contributed by atoms with Crippen molar-refractivity contribution in [3.63, 3.8) is 0 Å². The molecule has 2 heterocycles. The fraction of sp³-hybridized carbons (Fsp3) is 0.304. The quantitative estimate of drug-likeness (QED) is 0.436. The summed E-state index contributed by atoms with van der Waals surface area (Å²) in [5.74, 6) is -0.498. The van der Waals surface area contributed by atoms with Gasteiger partial charge in [0.1, 0.15) is 18.7 Å². The molecule has 4 rings (SSSR count). The summed E-state index contributed by atoms with van der Waals surface area (Å²) in [5, 5.41) is 3.40. The van der Waals surface area contributed by atoms with Crippen LogP contribution in [0.3, 0.4) is 0 Å². The molecule has 1 aromatic heterocycles. The number of rotatable bonds is 7. The van der Waals surface area contributed by atoms with Crippen LogP contribution in [0.5, 0.6) is 0 Å². The molecule has 1 saturated heterocycles. The van der Waals surface area contributed by atoms with E-state index in [1.54, 1.807) is 24.3 Å². The molecule has 0 radical (unpaired) electrons. The van der Waals surface area contributed by atoms with Gasteiger partial charge in [0.15, 0.2) is 0 Å². The Kier molecular flexibility index (Phi) is 7.22. The van der Waals surface area contributed by atoms with Gasteiger partial charge in [-0.15, -0.1) is 0 Å². The number of pyridine rings is 1. The first-order chi connectivity index (χ1) is 16.3. The van der Waals surface area contributed by atoms with Crippen molar-refractivity contribution in [3.8, 4) is 0 Å². The molecule has 2 aromatic carbocycles. The SMILES string of the molecule is CN(c1ccc(Cl)cc1)S(=O)(=O)c1ccc2[nH]cc(C(=O)NCC[NH+]3CCOCC3)c(=O)c2c1. The van der Waals surface area contributed by atoms with Crippen molar-refractivity contribution in [1.82, 2.24) is 10.3 Å². The zero-order chi connectivity index (χ0) is 24.3. The summed E-state index contributed by atoms with van der Waals surface area (Å²) in [4.78, 5) is 29.9. The molecule has 180 valence electrons. The molecule has 11 heteroatoms. The van der Waals surface area contributed by atoms with Crippen molar-refractivity contribution >= 4 is 44.1 Å². The lowest BCUT2D eigenvalue weighted by Gasteiger charge is -2.23. The molecule has 0 aliphatic carbocycles. The van der Waals surface area contributed by atoms with Gasteiger partial charge in [0, 0.05) is 29.2 Å². The number of nitrogens with zero attached hydrogens (tertiary/aromatic N) is 1. The second-order valence-corrected chi connectivity index (χ2v) is 10.5. The fourth-order valence-corrected chi connectivity index (χ4v) is 5.18. The number of sulfonamides is 1. The fourth-order valence-electron chi connectivity index (χ4n) is 3.83. The Morgan fingerprint density at radius 3 is 2.59 bits per heavy atom. The van der Waals surface area contributed by atoms with E-state index in [-0.39, 0.29) is 15.8 Å². The number of hydrogen-bond acceptors (Lipinski definition) is 5. The van der Waals surface area contributed by atoms with Gasteiger partial charge in [0.2, 0.25) is 5.43 Å². The second kappa shape index (κ2) is 10.1. The van der Waals surface area contributed by atoms with Crippen molar-refractivity contribution < 1.29 is 22.8 Å². The first-order valence-electron chi connectivity index (χ1n) is 10.9. The maximum Gasteiger partial charge on any atom is 0.264 e. The standard InChI is InChI=1S/C23H25ClN4O5S/c1-27(17-4-2-16(24)3-5-17)34(31,32)18-6-7-21-19(14-18)22(29)20(15-26-21)23(30)25-8-9-28-10-12-33-13-11-28/h2-7,14-15H,8-13H2,1H3,(H,25,30)(H,26,29)/p+1. The maximum atomic E-state index is 13.2. The van der Waals surface area contributed by atoms with E-state index in [2.05, 4.69) is 10.3 Å². The van der Waals surface area contributed by atoms with E-state index in [0.717, 1.165) is 23.9 Å². The van der Waals surface area contributed by atoms with Gasteiger partial charge in [0.05, 0.1) is 36.9 Å². The lowest BCUT2D eigenvalue weighted by atomic mass is 10.1. The molecule has 0 bridgehead atoms. The van der Waals surface area contributed by atoms with E-state index in [0.29, 0.717) is 36.0 Å². The molecule has 0 saturated carbocycles. The van der Waals surface area contributed by atoms with Gasteiger partial charge in [-0.3, -0.25) is 13.9 Å². The van der Waals surface area contributed by atoms with Crippen LogP contribution >= 0.6 is 11.6 Å². The number of amides is 1. The molecule has 0 unspecified atom stereocenters. The number of aromatic amines is 1. The van der Waals surface area contributed by atoms with Crippen LogP contribution in [0.15, 0.2) is 58.4 Å². The Morgan fingerprint density at radius 2 is 1.88 bits per heavy atom. The number of carbonyl (C=O) groups is 1. The summed E-state index contributed by atoms with van der Waals surface area (Å²) in [5.41, 5.74) is 0.266. The highest BCUT2D eigenvalue weighted by atomic mass is 35.5. The topological polar surface area (TPSA) is 113 Å². The van der Waals surface area contributed by atoms with Crippen LogP contribution in [-0.2, 0) is 14.8 Å². The van der Waals surface area contributed by atoms with Crippen LogP contribution in [0, 0.1) is 0 Å². The average Bonchev–Trinajstić information content (AvgIpc) is 2.84. The smallest absolute Gasteiger partial charge is 0.264 e. The Labute approximate surface area is 202 Å². The molecule has 3 N–H and O–H groups in total. The normalized spacial score (nSPS) is 14.8. The second-order valence-electron chi connectivity index (χ2n) is 8.06. The van der Waals surface area contributed by atoms with E-state index in [1.807, 2.05) is 0 Å². The molecule has 9 nitrogen and oxygen atoms in total. The van der Waals surface area contributed by atoms with Crippen LogP contribution in [0.2, 0.25) is 5.02 Å². The number of hydrogen-bond donors (Lipinski definition) is 3. The van der Waals surface area contributed by atoms with E-state index in [1.165, 1.54) is 36.3 Å². The summed E-state index contributed by atoms with van der Waals surface area (Å²) < 4.78 is 32.8. The number of anilines is 1. The third kappa shape index (κ3) is 5.10. The molecular weight excluding hydrogens is 480 g/mol. The predicted octanol–water partition coefficient (Wildman–Crippen LogP) is 0.652. The predicted molar refractivity (Wildman–Crippen MR) is 130 cm³/mol. The summed E-state index contributed by atoms with van der Waals surface area (Å²) >= 11 is 5.90. The van der Waals surface area contributed by atoms with E-state index in [4.69, 9.17) is 16.3 Å². The first kappa shape index (κ1) is 24.2. The number of aromatic nitrogens is 1. The van der Waals surface area contributed by atoms with Gasteiger partial charge >= 0.3 is 0 Å². The number of H-pyrrole nitrogens is 1. The Balaban J connectivity index is 1.56. The van der Waals surface area contributed by atoms with Crippen molar-refractivity contribution in [2.75, 3.05) is 50.7 Å². The number of benzene rings is 2. The van der Waals surface area contributed by atoms with Crippen molar-refractivity contribution in [3.05, 3.63) is 69.5 Å². The van der Waals surface area contributed by atoms with E-state index >= 15 is 0 Å². The molecule has 3 aromatic rings. The number of ether oxygens (including phenoxy) is 1. The molecule has 0 atom stereocenters. The van der Waals surface area contributed by atoms with E-state index < -0.39 is 21.4 Å². The van der Waals surface area contributed by atoms with Crippen molar-refractivity contribution in [1.29, 1.82) is 0 Å². The third-order valence-electron chi connectivity index (χ3n) is 5.91. The number of carbonyl (C=O) groups excluding carboxylic acids is 1. The Bertz CT molecular complexity index is 1350. The molecule has 1 aliphatic rings. The van der Waals surface area contributed by atoms with Crippen LogP contribution < -0.4 is 20.0 Å². The molecular formula is C23H26ClN4O5S+. The Hall–Kier alpha value is -2.92. The van der Waals surface area contributed by atoms with Gasteiger partial charge < -0.3 is 19.9 Å². The van der Waals surface area contributed by atoms with Crippen LogP contribution in [0.4, 0.5) is 5.69 Å². The summed E-state index contributed by atoms with van der Waals surface area (Å²) in [6.07, 6.45) is 1.36. The number of quaternary nitrogens is 1. The highest BCUT2D eigenvalue weighted by Crippen LogP contribution is 2.25. The van der Waals surface area contributed by atoms with Gasteiger partial charge in [-0.25, -0.2) is 8.42 Å². The summed E-state index contributed by atoms with van der Waals surface area (Å²) in [6, 6.07) is 10.6. The van der Waals surface area contributed by atoms with Crippen LogP contribution in [0.1, 0.15) is 10.4 Å². The molecule has 1 fully saturated rings. The highest BCUT2D eigenvalue weighted by Gasteiger charge is 2.23. The van der Waals surface area contributed by atoms with Gasteiger partial charge in [0.25, 0.3) is 15.9 Å². The number of morpholine rings is 1. The van der Waals surface area contributed by atoms with Crippen LogP contribution in [-0.4, -0.2) is 65.7 Å². The molecule has 1 amide bonds. The average molecular weight is 506 g/mol. The Morgan fingerprint density at radius 1 is 1.18 bits per heavy atom. The zero-order valence-electron chi connectivity index (χ0n) is 18.6. The summed E-state index contributed by atoms with van der Waals surface area (Å²) in [7, 11) is -2.52. The lowest BCUT2D eigenvalue weighted by Crippen LogP contribution is -3.14. The minimum absolute atomic E-state index is 0.0589. The third-order valence-corrected chi connectivity index (χ3v) is 7.94. The minimum Gasteiger partial charge on any atom is -0.370 e.